The molecule has 0 aromatic heterocycles. The number of hydrogen-bond acceptors (Lipinski definition) is 8. The normalized spacial score (nSPS) is 18.5. The number of nitrogens with zero attached hydrogens (tertiary/aromatic N) is 4. The molecule has 206 valence electrons. The Kier molecular flexibility index (Phi) is 13.3. The van der Waals surface area contributed by atoms with Gasteiger partial charge in [-0.05, 0) is 39.7 Å². The Labute approximate surface area is 223 Å². The highest BCUT2D eigenvalue weighted by Crippen LogP contribution is 2.13. The van der Waals surface area contributed by atoms with Crippen molar-refractivity contribution in [1.82, 2.24) is 19.6 Å². The summed E-state index contributed by atoms with van der Waals surface area (Å²) < 4.78 is 0. The number of rotatable bonds is 11. The Morgan fingerprint density at radius 2 is 1.14 bits per heavy atom. The quantitative estimate of drug-likeness (QED) is 0.443. The molecule has 1 aliphatic heterocycles. The van der Waals surface area contributed by atoms with Crippen LogP contribution in [0.5, 0.6) is 0 Å². The smallest absolute Gasteiger partial charge is 0.147 e. The average Bonchev–Trinajstić information content (AvgIpc) is 2.83. The minimum absolute atomic E-state index is 0.101. The lowest BCUT2D eigenvalue weighted by Gasteiger charge is -2.36. The number of hydrogen-bond donors (Lipinski definition) is 0. The van der Waals surface area contributed by atoms with Gasteiger partial charge >= 0.3 is 0 Å². The van der Waals surface area contributed by atoms with Gasteiger partial charge in [-0.15, -0.1) is 0 Å². The Balaban J connectivity index is 2.29. The Morgan fingerprint density at radius 3 is 1.54 bits per heavy atom. The molecule has 8 heteroatoms. The van der Waals surface area contributed by atoms with Crippen LogP contribution >= 0.6 is 0 Å². The van der Waals surface area contributed by atoms with Gasteiger partial charge in [-0.2, -0.15) is 0 Å². The van der Waals surface area contributed by atoms with Crippen LogP contribution < -0.4 is 0 Å². The second kappa shape index (κ2) is 15.9. The fourth-order valence-corrected chi connectivity index (χ4v) is 4.81. The Bertz CT molecular complexity index is 902. The molecule has 1 aliphatic rings. The standard InChI is InChI=1S/C29H46N4O4/c1-6-28(37)22-32-14-13-30(20-24(3)34)11-12-31(21-25(4)35)15-17-33(18-16-32)29(26(5)36)19-27-9-7-23(2)8-10-27/h7-10,29H,6,11-22H2,1-5H3. The third kappa shape index (κ3) is 11.8. The van der Waals surface area contributed by atoms with E-state index in [2.05, 4.69) is 50.8 Å². The summed E-state index contributed by atoms with van der Waals surface area (Å²) in [6.07, 6.45) is 1.11. The predicted octanol–water partition coefficient (Wildman–Crippen LogP) is 1.87. The van der Waals surface area contributed by atoms with E-state index in [1.807, 2.05) is 6.92 Å². The highest BCUT2D eigenvalue weighted by atomic mass is 16.1. The highest BCUT2D eigenvalue weighted by Gasteiger charge is 2.26. The third-order valence-corrected chi connectivity index (χ3v) is 7.02. The zero-order valence-electron chi connectivity index (χ0n) is 23.5. The molecular weight excluding hydrogens is 468 g/mol. The number of ketones is 4. The molecule has 2 rings (SSSR count). The zero-order valence-corrected chi connectivity index (χ0v) is 23.5. The van der Waals surface area contributed by atoms with Crippen molar-refractivity contribution in [2.24, 2.45) is 0 Å². The van der Waals surface area contributed by atoms with Crippen LogP contribution in [0, 0.1) is 6.92 Å². The van der Waals surface area contributed by atoms with Crippen molar-refractivity contribution in [2.45, 2.75) is 53.5 Å². The largest absolute Gasteiger partial charge is 0.299 e. The first kappa shape index (κ1) is 31.0. The van der Waals surface area contributed by atoms with Gasteiger partial charge in [0.15, 0.2) is 0 Å². The second-order valence-electron chi connectivity index (χ2n) is 10.5. The van der Waals surface area contributed by atoms with Gasteiger partial charge in [-0.3, -0.25) is 38.8 Å². The van der Waals surface area contributed by atoms with E-state index in [0.717, 1.165) is 5.56 Å². The summed E-state index contributed by atoms with van der Waals surface area (Å²) in [4.78, 5) is 57.7. The summed E-state index contributed by atoms with van der Waals surface area (Å²) in [6.45, 7) is 15.1. The van der Waals surface area contributed by atoms with E-state index in [-0.39, 0.29) is 29.2 Å². The first-order chi connectivity index (χ1) is 17.6. The molecule has 8 nitrogen and oxygen atoms in total. The lowest BCUT2D eigenvalue weighted by atomic mass is 10.0. The summed E-state index contributed by atoms with van der Waals surface area (Å²) >= 11 is 0. The minimum atomic E-state index is -0.275. The molecule has 0 aliphatic carbocycles. The molecule has 1 saturated heterocycles. The van der Waals surface area contributed by atoms with Crippen molar-refractivity contribution < 1.29 is 19.2 Å². The molecule has 0 radical (unpaired) electrons. The first-order valence-electron chi connectivity index (χ1n) is 13.5. The van der Waals surface area contributed by atoms with Gasteiger partial charge in [0.05, 0.1) is 25.7 Å². The van der Waals surface area contributed by atoms with E-state index in [0.29, 0.717) is 84.8 Å². The predicted molar refractivity (Wildman–Crippen MR) is 147 cm³/mol. The number of carbonyl (C=O) groups is 4. The number of Topliss-reactive ketones (excluding diaryl/α,β-unsaturated/α-hetero) is 4. The maximum absolute atomic E-state index is 12.9. The van der Waals surface area contributed by atoms with Gasteiger partial charge < -0.3 is 0 Å². The van der Waals surface area contributed by atoms with Crippen LogP contribution in [0.1, 0.15) is 45.2 Å². The van der Waals surface area contributed by atoms with E-state index in [1.54, 1.807) is 20.8 Å². The number of carbonyl (C=O) groups excluding carboxylic acids is 4. The topological polar surface area (TPSA) is 81.2 Å². The lowest BCUT2D eigenvalue weighted by molar-refractivity contribution is -0.123. The number of benzene rings is 1. The highest BCUT2D eigenvalue weighted by molar-refractivity contribution is 5.82. The van der Waals surface area contributed by atoms with Crippen LogP contribution in [0.3, 0.4) is 0 Å². The van der Waals surface area contributed by atoms with Gasteiger partial charge in [-0.25, -0.2) is 0 Å². The van der Waals surface area contributed by atoms with Gasteiger partial charge in [-0.1, -0.05) is 36.8 Å². The summed E-state index contributed by atoms with van der Waals surface area (Å²) in [5.41, 5.74) is 2.31. The van der Waals surface area contributed by atoms with Gasteiger partial charge in [0.1, 0.15) is 23.1 Å². The maximum atomic E-state index is 12.9. The summed E-state index contributed by atoms with van der Waals surface area (Å²) in [6, 6.07) is 8.03. The first-order valence-corrected chi connectivity index (χ1v) is 13.5. The Morgan fingerprint density at radius 1 is 0.703 bits per heavy atom. The van der Waals surface area contributed by atoms with Crippen molar-refractivity contribution in [2.75, 3.05) is 72.0 Å². The molecule has 1 atom stereocenters. The molecule has 0 N–H and O–H groups in total. The summed E-state index contributed by atoms with van der Waals surface area (Å²) in [7, 11) is 0. The van der Waals surface area contributed by atoms with Crippen LogP contribution in [0.4, 0.5) is 0 Å². The van der Waals surface area contributed by atoms with Gasteiger partial charge in [0.2, 0.25) is 0 Å². The molecule has 1 heterocycles. The molecule has 0 spiro atoms. The average molecular weight is 515 g/mol. The molecular formula is C29H46N4O4. The Hall–Kier alpha value is -2.26. The van der Waals surface area contributed by atoms with Crippen LogP contribution in [-0.2, 0) is 25.6 Å². The van der Waals surface area contributed by atoms with Crippen molar-refractivity contribution in [3.8, 4) is 0 Å². The van der Waals surface area contributed by atoms with E-state index >= 15 is 0 Å². The summed E-state index contributed by atoms with van der Waals surface area (Å²) in [5.74, 6) is 0.513. The van der Waals surface area contributed by atoms with E-state index in [1.165, 1.54) is 5.56 Å². The molecule has 0 saturated carbocycles. The van der Waals surface area contributed by atoms with Gasteiger partial charge in [0.25, 0.3) is 0 Å². The molecule has 1 aromatic carbocycles. The van der Waals surface area contributed by atoms with Crippen LogP contribution in [0.25, 0.3) is 0 Å². The second-order valence-corrected chi connectivity index (χ2v) is 10.5. The van der Waals surface area contributed by atoms with Crippen LogP contribution in [-0.4, -0.2) is 121 Å². The SMILES string of the molecule is CCC(=O)CN1CCN(CC(C)=O)CCN(CC(C)=O)CCN(C(Cc2ccc(C)cc2)C(C)=O)CC1. The van der Waals surface area contributed by atoms with Gasteiger partial charge in [0, 0.05) is 58.8 Å². The molecule has 0 bridgehead atoms. The van der Waals surface area contributed by atoms with Crippen molar-refractivity contribution in [3.63, 3.8) is 0 Å². The monoisotopic (exact) mass is 514 g/mol. The molecule has 1 unspecified atom stereocenters. The van der Waals surface area contributed by atoms with Crippen molar-refractivity contribution >= 4 is 23.1 Å². The van der Waals surface area contributed by atoms with Crippen LogP contribution in [0.15, 0.2) is 24.3 Å². The molecule has 37 heavy (non-hydrogen) atoms. The van der Waals surface area contributed by atoms with Crippen LogP contribution in [0.2, 0.25) is 0 Å². The minimum Gasteiger partial charge on any atom is -0.299 e. The summed E-state index contributed by atoms with van der Waals surface area (Å²) in [5, 5.41) is 0. The van der Waals surface area contributed by atoms with Crippen molar-refractivity contribution in [1.29, 1.82) is 0 Å². The molecule has 0 amide bonds. The van der Waals surface area contributed by atoms with E-state index in [9.17, 15) is 19.2 Å². The maximum Gasteiger partial charge on any atom is 0.147 e. The zero-order chi connectivity index (χ0) is 27.4. The van der Waals surface area contributed by atoms with E-state index < -0.39 is 0 Å². The third-order valence-electron chi connectivity index (χ3n) is 7.02. The van der Waals surface area contributed by atoms with Crippen molar-refractivity contribution in [3.05, 3.63) is 35.4 Å². The van der Waals surface area contributed by atoms with E-state index in [4.69, 9.17) is 0 Å². The fraction of sp³-hybridized carbons (Fsp3) is 0.655. The molecule has 1 fully saturated rings. The lowest BCUT2D eigenvalue weighted by Crippen LogP contribution is -2.51. The fourth-order valence-electron chi connectivity index (χ4n) is 4.81. The molecule has 1 aromatic rings. The number of aryl methyl sites for hydroxylation is 1.